The van der Waals surface area contributed by atoms with E-state index in [0.717, 1.165) is 34.6 Å². The molecule has 0 saturated carbocycles. The third-order valence-electron chi connectivity index (χ3n) is 3.55. The van der Waals surface area contributed by atoms with Crippen molar-refractivity contribution in [1.82, 2.24) is 4.98 Å². The Morgan fingerprint density at radius 3 is 2.64 bits per heavy atom. The van der Waals surface area contributed by atoms with Crippen LogP contribution in [0, 0.1) is 6.92 Å². The van der Waals surface area contributed by atoms with Gasteiger partial charge < -0.3 is 10.1 Å². The minimum Gasteiger partial charge on any atom is -0.494 e. The highest BCUT2D eigenvalue weighted by Crippen LogP contribution is 2.27. The van der Waals surface area contributed by atoms with Gasteiger partial charge in [0, 0.05) is 23.3 Å². The maximum absolute atomic E-state index is 5.61. The van der Waals surface area contributed by atoms with Gasteiger partial charge in [0.25, 0.3) is 0 Å². The van der Waals surface area contributed by atoms with E-state index in [1.165, 1.54) is 5.56 Å². The number of nitrogens with one attached hydrogen (secondary N) is 1. The van der Waals surface area contributed by atoms with Crippen LogP contribution in [-0.2, 0) is 6.54 Å². The van der Waals surface area contributed by atoms with Crippen molar-refractivity contribution in [3.63, 3.8) is 0 Å². The highest BCUT2D eigenvalue weighted by atomic mass is 16.5. The molecular weight excluding hydrogens is 272 g/mol. The molecule has 1 heterocycles. The van der Waals surface area contributed by atoms with E-state index in [9.17, 15) is 0 Å². The van der Waals surface area contributed by atoms with Gasteiger partial charge in [-0.1, -0.05) is 30.3 Å². The molecule has 0 fully saturated rings. The summed E-state index contributed by atoms with van der Waals surface area (Å²) in [5.41, 5.74) is 4.34. The van der Waals surface area contributed by atoms with Crippen LogP contribution in [0.25, 0.3) is 10.9 Å². The molecule has 3 rings (SSSR count). The normalized spacial score (nSPS) is 10.6. The Bertz CT molecular complexity index is 769. The second-order valence-corrected chi connectivity index (χ2v) is 5.26. The average molecular weight is 292 g/mol. The van der Waals surface area contributed by atoms with Gasteiger partial charge in [0.1, 0.15) is 5.75 Å². The molecule has 3 heteroatoms. The number of hydrogen-bond acceptors (Lipinski definition) is 3. The van der Waals surface area contributed by atoms with Crippen LogP contribution in [0.4, 0.5) is 5.69 Å². The summed E-state index contributed by atoms with van der Waals surface area (Å²) < 4.78 is 5.61. The zero-order valence-electron chi connectivity index (χ0n) is 13.0. The van der Waals surface area contributed by atoms with Gasteiger partial charge in [-0.25, -0.2) is 0 Å². The number of aryl methyl sites for hydroxylation is 1. The number of aromatic nitrogens is 1. The Hall–Kier alpha value is -2.55. The summed E-state index contributed by atoms with van der Waals surface area (Å²) >= 11 is 0. The second-order valence-electron chi connectivity index (χ2n) is 5.26. The van der Waals surface area contributed by atoms with Crippen molar-refractivity contribution >= 4 is 16.6 Å². The van der Waals surface area contributed by atoms with E-state index < -0.39 is 0 Å². The van der Waals surface area contributed by atoms with E-state index in [0.29, 0.717) is 6.61 Å². The molecule has 0 aliphatic heterocycles. The summed E-state index contributed by atoms with van der Waals surface area (Å²) in [6.07, 6.45) is 0. The molecular formula is C19H20N2O. The van der Waals surface area contributed by atoms with Crippen LogP contribution < -0.4 is 10.1 Å². The lowest BCUT2D eigenvalue weighted by Crippen LogP contribution is -2.01. The first kappa shape index (κ1) is 14.4. The van der Waals surface area contributed by atoms with Crippen molar-refractivity contribution in [2.24, 2.45) is 0 Å². The highest BCUT2D eigenvalue weighted by molar-refractivity contribution is 5.92. The number of ether oxygens (including phenoxy) is 1. The zero-order valence-corrected chi connectivity index (χ0v) is 13.0. The molecule has 112 valence electrons. The minimum absolute atomic E-state index is 0.664. The maximum Gasteiger partial charge on any atom is 0.120 e. The van der Waals surface area contributed by atoms with Crippen LogP contribution in [-0.4, -0.2) is 11.6 Å². The Kier molecular flexibility index (Phi) is 4.24. The number of anilines is 1. The van der Waals surface area contributed by atoms with E-state index in [-0.39, 0.29) is 0 Å². The van der Waals surface area contributed by atoms with Crippen molar-refractivity contribution in [2.75, 3.05) is 11.9 Å². The van der Waals surface area contributed by atoms with Crippen LogP contribution in [0.2, 0.25) is 0 Å². The molecule has 2 aromatic carbocycles. The molecule has 22 heavy (non-hydrogen) atoms. The molecule has 1 aromatic heterocycles. The van der Waals surface area contributed by atoms with E-state index in [1.54, 1.807) is 0 Å². The van der Waals surface area contributed by atoms with Gasteiger partial charge in [-0.2, -0.15) is 0 Å². The number of benzene rings is 2. The molecule has 0 spiro atoms. The van der Waals surface area contributed by atoms with Gasteiger partial charge in [-0.3, -0.25) is 4.98 Å². The fourth-order valence-corrected chi connectivity index (χ4v) is 2.53. The van der Waals surface area contributed by atoms with Gasteiger partial charge >= 0.3 is 0 Å². The topological polar surface area (TPSA) is 34.1 Å². The van der Waals surface area contributed by atoms with Crippen LogP contribution in [0.3, 0.4) is 0 Å². The summed E-state index contributed by atoms with van der Waals surface area (Å²) in [6, 6.07) is 18.5. The lowest BCUT2D eigenvalue weighted by Gasteiger charge is -2.12. The van der Waals surface area contributed by atoms with Gasteiger partial charge in [0.2, 0.25) is 0 Å². The first-order valence-corrected chi connectivity index (χ1v) is 7.58. The summed E-state index contributed by atoms with van der Waals surface area (Å²) in [5.74, 6) is 0.878. The second kappa shape index (κ2) is 6.48. The molecule has 0 saturated heterocycles. The minimum atomic E-state index is 0.664. The monoisotopic (exact) mass is 292 g/mol. The SMILES string of the molecule is CCOc1ccc2nc(C)cc(NCc3ccccc3)c2c1. The first-order valence-electron chi connectivity index (χ1n) is 7.58. The Balaban J connectivity index is 1.94. The predicted octanol–water partition coefficient (Wildman–Crippen LogP) is 4.55. The standard InChI is InChI=1S/C19H20N2O/c1-3-22-16-9-10-18-17(12-16)19(11-14(2)21-18)20-13-15-7-5-4-6-8-15/h4-12H,3,13H2,1-2H3,(H,20,21). The van der Waals surface area contributed by atoms with Crippen molar-refractivity contribution < 1.29 is 4.74 Å². The molecule has 0 unspecified atom stereocenters. The summed E-state index contributed by atoms with van der Waals surface area (Å²) in [5, 5.41) is 4.61. The van der Waals surface area contributed by atoms with E-state index in [1.807, 2.05) is 32.0 Å². The predicted molar refractivity (Wildman–Crippen MR) is 91.4 cm³/mol. The fourth-order valence-electron chi connectivity index (χ4n) is 2.53. The van der Waals surface area contributed by atoms with Crippen LogP contribution in [0.5, 0.6) is 5.75 Å². The summed E-state index contributed by atoms with van der Waals surface area (Å²) in [7, 11) is 0. The molecule has 0 amide bonds. The quantitative estimate of drug-likeness (QED) is 0.749. The first-order chi connectivity index (χ1) is 10.8. The van der Waals surface area contributed by atoms with E-state index in [4.69, 9.17) is 4.74 Å². The lowest BCUT2D eigenvalue weighted by atomic mass is 10.1. The van der Waals surface area contributed by atoms with Gasteiger partial charge in [-0.05, 0) is 43.7 Å². The fraction of sp³-hybridized carbons (Fsp3) is 0.211. The Morgan fingerprint density at radius 1 is 1.05 bits per heavy atom. The number of fused-ring (bicyclic) bond motifs is 1. The molecule has 1 N–H and O–H groups in total. The molecule has 0 aliphatic carbocycles. The van der Waals surface area contributed by atoms with Crippen LogP contribution in [0.15, 0.2) is 54.6 Å². The third kappa shape index (κ3) is 3.19. The molecule has 0 aliphatic rings. The smallest absolute Gasteiger partial charge is 0.120 e. The highest BCUT2D eigenvalue weighted by Gasteiger charge is 2.06. The van der Waals surface area contributed by atoms with Crippen molar-refractivity contribution in [2.45, 2.75) is 20.4 Å². The summed E-state index contributed by atoms with van der Waals surface area (Å²) in [4.78, 5) is 4.60. The van der Waals surface area contributed by atoms with Gasteiger partial charge in [0.15, 0.2) is 0 Å². The van der Waals surface area contributed by atoms with Crippen molar-refractivity contribution in [3.8, 4) is 5.75 Å². The average Bonchev–Trinajstić information content (AvgIpc) is 2.54. The molecule has 3 nitrogen and oxygen atoms in total. The maximum atomic E-state index is 5.61. The van der Waals surface area contributed by atoms with Gasteiger partial charge in [-0.15, -0.1) is 0 Å². The third-order valence-corrected chi connectivity index (χ3v) is 3.55. The largest absolute Gasteiger partial charge is 0.494 e. The number of rotatable bonds is 5. The summed E-state index contributed by atoms with van der Waals surface area (Å²) in [6.45, 7) is 5.46. The van der Waals surface area contributed by atoms with Gasteiger partial charge in [0.05, 0.1) is 12.1 Å². The van der Waals surface area contributed by atoms with E-state index in [2.05, 4.69) is 46.7 Å². The molecule has 3 aromatic rings. The van der Waals surface area contributed by atoms with Crippen LogP contribution in [0.1, 0.15) is 18.2 Å². The number of hydrogen-bond donors (Lipinski definition) is 1. The molecule has 0 bridgehead atoms. The van der Waals surface area contributed by atoms with E-state index >= 15 is 0 Å². The van der Waals surface area contributed by atoms with Crippen molar-refractivity contribution in [3.05, 3.63) is 65.9 Å². The van der Waals surface area contributed by atoms with Crippen LogP contribution >= 0.6 is 0 Å². The molecule has 0 radical (unpaired) electrons. The lowest BCUT2D eigenvalue weighted by molar-refractivity contribution is 0.340. The Morgan fingerprint density at radius 2 is 1.86 bits per heavy atom. The van der Waals surface area contributed by atoms with Crippen molar-refractivity contribution in [1.29, 1.82) is 0 Å². The molecule has 0 atom stereocenters. The number of nitrogens with zero attached hydrogens (tertiary/aromatic N) is 1. The Labute approximate surface area is 131 Å². The number of pyridine rings is 1. The zero-order chi connectivity index (χ0) is 15.4.